The maximum absolute atomic E-state index is 13.5. The molecule has 10 nitrogen and oxygen atoms in total. The fourth-order valence-electron chi connectivity index (χ4n) is 4.37. The summed E-state index contributed by atoms with van der Waals surface area (Å²) < 4.78 is 5.62. The van der Waals surface area contributed by atoms with Crippen molar-refractivity contribution in [3.8, 4) is 0 Å². The van der Waals surface area contributed by atoms with E-state index in [0.29, 0.717) is 56.2 Å². The number of amides is 4. The van der Waals surface area contributed by atoms with E-state index in [1.807, 2.05) is 20.8 Å². The van der Waals surface area contributed by atoms with Gasteiger partial charge in [-0.1, -0.05) is 41.5 Å². The van der Waals surface area contributed by atoms with Crippen LogP contribution in [0.4, 0.5) is 15.4 Å². The molecular formula is C28H48N6O4. The van der Waals surface area contributed by atoms with Gasteiger partial charge in [0, 0.05) is 26.2 Å². The number of nitrogens with zero attached hydrogens (tertiary/aromatic N) is 4. The molecule has 0 bridgehead atoms. The third-order valence-corrected chi connectivity index (χ3v) is 6.10. The fourth-order valence-corrected chi connectivity index (χ4v) is 4.37. The van der Waals surface area contributed by atoms with E-state index in [9.17, 15) is 14.4 Å². The van der Waals surface area contributed by atoms with Crippen molar-refractivity contribution < 1.29 is 19.1 Å². The Bertz CT molecular complexity index is 957. The molecule has 38 heavy (non-hydrogen) atoms. The minimum Gasteiger partial charge on any atom is -0.444 e. The average molecular weight is 533 g/mol. The van der Waals surface area contributed by atoms with Crippen molar-refractivity contribution in [1.29, 1.82) is 0 Å². The molecule has 0 aliphatic carbocycles. The van der Waals surface area contributed by atoms with Crippen LogP contribution in [-0.4, -0.2) is 75.9 Å². The molecule has 10 heteroatoms. The molecule has 0 aromatic carbocycles. The van der Waals surface area contributed by atoms with Crippen LogP contribution in [0.15, 0.2) is 6.07 Å². The number of urea groups is 1. The average Bonchev–Trinajstić information content (AvgIpc) is 2.77. The van der Waals surface area contributed by atoms with Gasteiger partial charge in [-0.15, -0.1) is 10.2 Å². The highest BCUT2D eigenvalue weighted by Crippen LogP contribution is 2.23. The van der Waals surface area contributed by atoms with Crippen LogP contribution in [0.3, 0.4) is 0 Å². The van der Waals surface area contributed by atoms with Gasteiger partial charge in [-0.25, -0.2) is 9.59 Å². The van der Waals surface area contributed by atoms with Gasteiger partial charge in [0.05, 0.1) is 6.04 Å². The number of rotatable bonds is 9. The summed E-state index contributed by atoms with van der Waals surface area (Å²) in [7, 11) is 0. The van der Waals surface area contributed by atoms with Crippen LogP contribution < -0.4 is 10.6 Å². The van der Waals surface area contributed by atoms with Gasteiger partial charge >= 0.3 is 12.1 Å². The lowest BCUT2D eigenvalue weighted by molar-refractivity contribution is -0.00368. The summed E-state index contributed by atoms with van der Waals surface area (Å²) in [6, 6.07) is 1.25. The lowest BCUT2D eigenvalue weighted by Gasteiger charge is -2.42. The smallest absolute Gasteiger partial charge is 0.410 e. The van der Waals surface area contributed by atoms with Gasteiger partial charge in [-0.3, -0.25) is 10.1 Å². The number of hydrogen-bond acceptors (Lipinski definition) is 6. The number of anilines is 1. The number of piperazine rings is 1. The van der Waals surface area contributed by atoms with Crippen molar-refractivity contribution in [3.05, 3.63) is 17.3 Å². The van der Waals surface area contributed by atoms with Crippen molar-refractivity contribution in [2.75, 3.05) is 31.5 Å². The van der Waals surface area contributed by atoms with Crippen LogP contribution in [0.5, 0.6) is 0 Å². The van der Waals surface area contributed by atoms with Crippen LogP contribution in [0.1, 0.15) is 91.2 Å². The van der Waals surface area contributed by atoms with Crippen molar-refractivity contribution in [2.24, 2.45) is 17.8 Å². The summed E-state index contributed by atoms with van der Waals surface area (Å²) >= 11 is 0. The summed E-state index contributed by atoms with van der Waals surface area (Å²) in [4.78, 5) is 42.2. The summed E-state index contributed by atoms with van der Waals surface area (Å²) in [5, 5.41) is 14.0. The summed E-state index contributed by atoms with van der Waals surface area (Å²) in [6.07, 6.45) is 1.92. The van der Waals surface area contributed by atoms with Crippen LogP contribution in [0.25, 0.3) is 0 Å². The maximum Gasteiger partial charge on any atom is 0.410 e. The Hall–Kier alpha value is -2.91. The van der Waals surface area contributed by atoms with Crippen molar-refractivity contribution in [1.82, 2.24) is 25.3 Å². The van der Waals surface area contributed by atoms with Gasteiger partial charge in [0.2, 0.25) is 0 Å². The van der Waals surface area contributed by atoms with Crippen LogP contribution in [0.2, 0.25) is 0 Å². The molecule has 0 spiro atoms. The molecule has 1 saturated heterocycles. The molecular weight excluding hydrogens is 484 g/mol. The van der Waals surface area contributed by atoms with Crippen molar-refractivity contribution in [2.45, 2.75) is 93.2 Å². The lowest BCUT2D eigenvalue weighted by Crippen LogP contribution is -2.57. The number of nitrogens with one attached hydrogen (secondary N) is 2. The highest BCUT2D eigenvalue weighted by atomic mass is 16.6. The first-order valence-corrected chi connectivity index (χ1v) is 13.9. The molecule has 1 aliphatic rings. The third kappa shape index (κ3) is 10.1. The molecule has 214 valence electrons. The molecule has 1 fully saturated rings. The van der Waals surface area contributed by atoms with E-state index in [2.05, 4.69) is 62.4 Å². The van der Waals surface area contributed by atoms with E-state index in [-0.39, 0.29) is 29.8 Å². The minimum atomic E-state index is -0.587. The number of carbonyl (C=O) groups is 3. The zero-order valence-corrected chi connectivity index (χ0v) is 24.8. The van der Waals surface area contributed by atoms with E-state index in [1.165, 1.54) is 0 Å². The van der Waals surface area contributed by atoms with E-state index >= 15 is 0 Å². The zero-order chi connectivity index (χ0) is 28.6. The normalized spacial score (nSPS) is 16.3. The van der Waals surface area contributed by atoms with Gasteiger partial charge in [-0.05, 0) is 69.4 Å². The Labute approximate surface area is 228 Å². The van der Waals surface area contributed by atoms with Crippen molar-refractivity contribution in [3.63, 3.8) is 0 Å². The van der Waals surface area contributed by atoms with Crippen LogP contribution in [0, 0.1) is 17.8 Å². The van der Waals surface area contributed by atoms with Gasteiger partial charge in [0.15, 0.2) is 11.5 Å². The number of hydrogen-bond donors (Lipinski definition) is 2. The predicted octanol–water partition coefficient (Wildman–Crippen LogP) is 4.95. The summed E-state index contributed by atoms with van der Waals surface area (Å²) in [6.45, 7) is 19.8. The summed E-state index contributed by atoms with van der Waals surface area (Å²) in [5.74, 6) is 1.26. The molecule has 4 amide bonds. The van der Waals surface area contributed by atoms with E-state index in [0.717, 1.165) is 18.4 Å². The largest absolute Gasteiger partial charge is 0.444 e. The number of ether oxygens (including phenoxy) is 1. The van der Waals surface area contributed by atoms with Crippen molar-refractivity contribution >= 4 is 23.8 Å². The Morgan fingerprint density at radius 2 is 1.71 bits per heavy atom. The van der Waals surface area contributed by atoms with Gasteiger partial charge < -0.3 is 19.9 Å². The highest BCUT2D eigenvalue weighted by Gasteiger charge is 2.36. The SMILES string of the molecule is CC(C)CCNC(=O)Nc1nnc(C(=O)N2CCN(C(=O)OC(C)(C)C)[C@@H](CC(C)C)C2)cc1CC(C)C. The molecule has 2 heterocycles. The highest BCUT2D eigenvalue weighted by molar-refractivity contribution is 5.94. The van der Waals surface area contributed by atoms with Crippen LogP contribution >= 0.6 is 0 Å². The molecule has 1 atom stereocenters. The standard InChI is InChI=1S/C28H48N6O4/c1-18(2)10-11-29-26(36)30-24-21(14-19(3)4)16-23(31-32-24)25(35)33-12-13-34(22(17-33)15-20(5)6)27(37)38-28(7,8)9/h16,18-20,22H,10-15,17H2,1-9H3,(H2,29,30,32,36)/t22-/m0/s1. The molecule has 2 N–H and O–H groups in total. The minimum absolute atomic E-state index is 0.152. The fraction of sp³-hybridized carbons (Fsp3) is 0.750. The second-order valence-corrected chi connectivity index (χ2v) is 12.5. The first kappa shape index (κ1) is 31.3. The number of carbonyl (C=O) groups excluding carboxylic acids is 3. The van der Waals surface area contributed by atoms with Gasteiger partial charge in [0.25, 0.3) is 5.91 Å². The second-order valence-electron chi connectivity index (χ2n) is 12.5. The molecule has 1 aliphatic heterocycles. The second kappa shape index (κ2) is 13.8. The monoisotopic (exact) mass is 532 g/mol. The molecule has 1 aromatic heterocycles. The van der Waals surface area contributed by atoms with Gasteiger partial charge in [0.1, 0.15) is 5.60 Å². The Balaban J connectivity index is 2.19. The quantitative estimate of drug-likeness (QED) is 0.465. The molecule has 0 radical (unpaired) electrons. The Morgan fingerprint density at radius 3 is 2.29 bits per heavy atom. The summed E-state index contributed by atoms with van der Waals surface area (Å²) in [5.41, 5.74) is 0.416. The first-order chi connectivity index (χ1) is 17.7. The predicted molar refractivity (Wildman–Crippen MR) is 149 cm³/mol. The lowest BCUT2D eigenvalue weighted by atomic mass is 9.99. The molecule has 0 unspecified atom stereocenters. The Kier molecular flexibility index (Phi) is 11.3. The molecule has 2 rings (SSSR count). The Morgan fingerprint density at radius 1 is 1.03 bits per heavy atom. The topological polar surface area (TPSA) is 117 Å². The number of aromatic nitrogens is 2. The van der Waals surface area contributed by atoms with Gasteiger partial charge in [-0.2, -0.15) is 0 Å². The third-order valence-electron chi connectivity index (χ3n) is 6.10. The molecule has 0 saturated carbocycles. The van der Waals surface area contributed by atoms with Crippen LogP contribution in [-0.2, 0) is 11.2 Å². The zero-order valence-electron chi connectivity index (χ0n) is 24.8. The molecule has 1 aromatic rings. The maximum atomic E-state index is 13.5. The first-order valence-electron chi connectivity index (χ1n) is 13.9. The van der Waals surface area contributed by atoms with E-state index < -0.39 is 5.60 Å². The van der Waals surface area contributed by atoms with E-state index in [4.69, 9.17) is 4.74 Å². The van der Waals surface area contributed by atoms with E-state index in [1.54, 1.807) is 15.9 Å².